The van der Waals surface area contributed by atoms with Gasteiger partial charge in [0.15, 0.2) is 4.96 Å². The van der Waals surface area contributed by atoms with Crippen LogP contribution in [0.25, 0.3) is 4.96 Å². The maximum absolute atomic E-state index is 12.0. The summed E-state index contributed by atoms with van der Waals surface area (Å²) in [6, 6.07) is 6.69. The zero-order valence-electron chi connectivity index (χ0n) is 11.9. The Balaban J connectivity index is 1.70. The fourth-order valence-corrected chi connectivity index (χ4v) is 3.12. The number of hydrogen-bond acceptors (Lipinski definition) is 5. The summed E-state index contributed by atoms with van der Waals surface area (Å²) in [6.07, 6.45) is 2.14. The minimum atomic E-state index is -0.221. The number of rotatable bonds is 4. The molecule has 22 heavy (non-hydrogen) atoms. The van der Waals surface area contributed by atoms with Crippen LogP contribution in [0.1, 0.15) is 21.9 Å². The summed E-state index contributed by atoms with van der Waals surface area (Å²) in [4.78, 5) is 32.9. The van der Waals surface area contributed by atoms with Crippen LogP contribution >= 0.6 is 11.3 Å². The molecule has 7 heteroatoms. The summed E-state index contributed by atoms with van der Waals surface area (Å²) in [5.74, 6) is -0.221. The molecular formula is C15H14N4O2S. The van der Waals surface area contributed by atoms with Crippen molar-refractivity contribution in [1.29, 1.82) is 0 Å². The highest BCUT2D eigenvalue weighted by molar-refractivity contribution is 7.15. The number of nitrogens with zero attached hydrogens (tertiary/aromatic N) is 3. The first-order chi connectivity index (χ1) is 10.6. The van der Waals surface area contributed by atoms with Crippen molar-refractivity contribution in [3.8, 4) is 0 Å². The van der Waals surface area contributed by atoms with Gasteiger partial charge in [-0.1, -0.05) is 6.07 Å². The second kappa shape index (κ2) is 6.07. The molecule has 0 bridgehead atoms. The van der Waals surface area contributed by atoms with E-state index in [-0.39, 0.29) is 11.5 Å². The van der Waals surface area contributed by atoms with Crippen LogP contribution in [0.3, 0.4) is 0 Å². The average molecular weight is 314 g/mol. The lowest BCUT2D eigenvalue weighted by molar-refractivity contribution is 0.0949. The molecule has 3 heterocycles. The van der Waals surface area contributed by atoms with Gasteiger partial charge >= 0.3 is 0 Å². The second-order valence-electron chi connectivity index (χ2n) is 4.80. The minimum absolute atomic E-state index is 0.0881. The third-order valence-corrected chi connectivity index (χ3v) is 4.04. The number of thiazole rings is 1. The summed E-state index contributed by atoms with van der Waals surface area (Å²) in [5.41, 5.74) is 1.85. The Hall–Kier alpha value is -2.54. The van der Waals surface area contributed by atoms with E-state index in [0.717, 1.165) is 5.69 Å². The number of hydrogen-bond donors (Lipinski definition) is 1. The van der Waals surface area contributed by atoms with E-state index in [1.54, 1.807) is 35.7 Å². The highest BCUT2D eigenvalue weighted by Gasteiger charge is 2.09. The van der Waals surface area contributed by atoms with E-state index in [1.165, 1.54) is 17.4 Å². The van der Waals surface area contributed by atoms with Crippen molar-refractivity contribution in [2.75, 3.05) is 6.54 Å². The van der Waals surface area contributed by atoms with Crippen LogP contribution in [-0.4, -0.2) is 26.8 Å². The molecule has 0 saturated heterocycles. The molecule has 0 atom stereocenters. The van der Waals surface area contributed by atoms with E-state index in [9.17, 15) is 9.59 Å². The molecule has 0 unspecified atom stereocenters. The molecule has 0 aliphatic rings. The van der Waals surface area contributed by atoms with Crippen LogP contribution in [0, 0.1) is 6.92 Å². The number of aryl methyl sites for hydroxylation is 1. The van der Waals surface area contributed by atoms with Crippen LogP contribution in [0.5, 0.6) is 0 Å². The average Bonchev–Trinajstić information content (AvgIpc) is 2.91. The molecule has 0 spiro atoms. The molecule has 112 valence electrons. The van der Waals surface area contributed by atoms with E-state index in [2.05, 4.69) is 15.3 Å². The lowest BCUT2D eigenvalue weighted by Gasteiger charge is -2.04. The SMILES string of the molecule is Cc1cc(=O)n2c(CCNC(=O)c3ccccn3)csc2n1. The van der Waals surface area contributed by atoms with E-state index in [4.69, 9.17) is 0 Å². The first-order valence-corrected chi connectivity index (χ1v) is 7.69. The number of nitrogens with one attached hydrogen (secondary N) is 1. The number of pyridine rings is 1. The molecule has 3 aromatic rings. The molecule has 3 aromatic heterocycles. The van der Waals surface area contributed by atoms with E-state index in [1.807, 2.05) is 5.38 Å². The van der Waals surface area contributed by atoms with Crippen molar-refractivity contribution in [3.05, 3.63) is 63.3 Å². The van der Waals surface area contributed by atoms with E-state index < -0.39 is 0 Å². The quantitative estimate of drug-likeness (QED) is 0.790. The summed E-state index contributed by atoms with van der Waals surface area (Å²) in [7, 11) is 0. The summed E-state index contributed by atoms with van der Waals surface area (Å²) in [6.45, 7) is 2.23. The van der Waals surface area contributed by atoms with Gasteiger partial charge in [-0.15, -0.1) is 11.3 Å². The summed E-state index contributed by atoms with van der Waals surface area (Å²) >= 11 is 1.42. The predicted octanol–water partition coefficient (Wildman–Crippen LogP) is 1.43. The zero-order valence-corrected chi connectivity index (χ0v) is 12.8. The van der Waals surface area contributed by atoms with Crippen molar-refractivity contribution >= 4 is 22.2 Å². The molecule has 0 aliphatic carbocycles. The smallest absolute Gasteiger partial charge is 0.269 e. The predicted molar refractivity (Wildman–Crippen MR) is 84.4 cm³/mol. The standard InChI is InChI=1S/C15H14N4O2S/c1-10-8-13(20)19-11(9-22-15(19)18-10)5-7-17-14(21)12-4-2-3-6-16-12/h2-4,6,8-9H,5,7H2,1H3,(H,17,21). The maximum atomic E-state index is 12.0. The minimum Gasteiger partial charge on any atom is -0.350 e. The Morgan fingerprint density at radius 2 is 2.27 bits per heavy atom. The van der Waals surface area contributed by atoms with E-state index in [0.29, 0.717) is 29.3 Å². The van der Waals surface area contributed by atoms with Gasteiger partial charge in [-0.25, -0.2) is 4.98 Å². The van der Waals surface area contributed by atoms with Gasteiger partial charge < -0.3 is 5.32 Å². The molecule has 0 radical (unpaired) electrons. The first kappa shape index (κ1) is 14.4. The first-order valence-electron chi connectivity index (χ1n) is 6.81. The molecule has 0 saturated carbocycles. The van der Waals surface area contributed by atoms with Gasteiger partial charge in [0.05, 0.1) is 0 Å². The molecule has 1 N–H and O–H groups in total. The lowest BCUT2D eigenvalue weighted by atomic mass is 10.3. The van der Waals surface area contributed by atoms with Gasteiger partial charge in [-0.3, -0.25) is 19.0 Å². The number of amides is 1. The van der Waals surface area contributed by atoms with E-state index >= 15 is 0 Å². The molecule has 1 amide bonds. The molecular weight excluding hydrogens is 300 g/mol. The number of carbonyl (C=O) groups excluding carboxylic acids is 1. The lowest BCUT2D eigenvalue weighted by Crippen LogP contribution is -2.27. The molecule has 0 fully saturated rings. The van der Waals surface area contributed by atoms with Crippen LogP contribution in [0.2, 0.25) is 0 Å². The Morgan fingerprint density at radius 3 is 3.05 bits per heavy atom. The number of fused-ring (bicyclic) bond motifs is 1. The second-order valence-corrected chi connectivity index (χ2v) is 5.64. The fraction of sp³-hybridized carbons (Fsp3) is 0.200. The number of aromatic nitrogens is 3. The third-order valence-electron chi connectivity index (χ3n) is 3.17. The van der Waals surface area contributed by atoms with Crippen LogP contribution in [-0.2, 0) is 6.42 Å². The Labute approximate surface area is 130 Å². The molecule has 0 aromatic carbocycles. The monoisotopic (exact) mass is 314 g/mol. The van der Waals surface area contributed by atoms with Gasteiger partial charge in [0.1, 0.15) is 5.69 Å². The largest absolute Gasteiger partial charge is 0.350 e. The normalized spacial score (nSPS) is 10.8. The van der Waals surface area contributed by atoms with Crippen LogP contribution in [0.4, 0.5) is 0 Å². The van der Waals surface area contributed by atoms with Crippen molar-refractivity contribution in [2.45, 2.75) is 13.3 Å². The van der Waals surface area contributed by atoms with Gasteiger partial charge in [0, 0.05) is 42.0 Å². The highest BCUT2D eigenvalue weighted by Crippen LogP contribution is 2.12. The molecule has 0 aliphatic heterocycles. The molecule has 3 rings (SSSR count). The van der Waals surface area contributed by atoms with Gasteiger partial charge in [0.2, 0.25) is 0 Å². The highest BCUT2D eigenvalue weighted by atomic mass is 32.1. The summed E-state index contributed by atoms with van der Waals surface area (Å²) in [5, 5.41) is 4.70. The Morgan fingerprint density at radius 1 is 1.41 bits per heavy atom. The van der Waals surface area contributed by atoms with Gasteiger partial charge in [0.25, 0.3) is 11.5 Å². The van der Waals surface area contributed by atoms with Gasteiger partial charge in [-0.2, -0.15) is 0 Å². The molecule has 6 nitrogen and oxygen atoms in total. The van der Waals surface area contributed by atoms with Crippen molar-refractivity contribution in [3.63, 3.8) is 0 Å². The topological polar surface area (TPSA) is 76.4 Å². The Bertz CT molecular complexity index is 870. The maximum Gasteiger partial charge on any atom is 0.269 e. The number of carbonyl (C=O) groups is 1. The van der Waals surface area contributed by atoms with Crippen molar-refractivity contribution in [1.82, 2.24) is 19.7 Å². The van der Waals surface area contributed by atoms with Gasteiger partial charge in [-0.05, 0) is 19.1 Å². The fourth-order valence-electron chi connectivity index (χ4n) is 2.15. The van der Waals surface area contributed by atoms with Crippen molar-refractivity contribution < 1.29 is 4.79 Å². The van der Waals surface area contributed by atoms with Crippen LogP contribution < -0.4 is 10.9 Å². The third kappa shape index (κ3) is 2.89. The Kier molecular flexibility index (Phi) is 3.97. The van der Waals surface area contributed by atoms with Crippen LogP contribution in [0.15, 0.2) is 40.6 Å². The zero-order chi connectivity index (χ0) is 15.5. The summed E-state index contributed by atoms with van der Waals surface area (Å²) < 4.78 is 1.59. The van der Waals surface area contributed by atoms with Crippen molar-refractivity contribution in [2.24, 2.45) is 0 Å².